The number of aromatic nitrogens is 3. The van der Waals surface area contributed by atoms with E-state index in [0.717, 1.165) is 11.8 Å². The van der Waals surface area contributed by atoms with E-state index in [4.69, 9.17) is 8.83 Å². The van der Waals surface area contributed by atoms with Gasteiger partial charge < -0.3 is 18.7 Å². The summed E-state index contributed by atoms with van der Waals surface area (Å²) in [5.74, 6) is -0.161. The number of H-pyrrole nitrogens is 1. The molecule has 10 heteroatoms. The first-order valence-corrected chi connectivity index (χ1v) is 9.17. The van der Waals surface area contributed by atoms with Crippen molar-refractivity contribution in [3.8, 4) is 0 Å². The van der Waals surface area contributed by atoms with E-state index >= 15 is 0 Å². The van der Waals surface area contributed by atoms with Crippen LogP contribution in [0.25, 0.3) is 11.0 Å². The zero-order valence-electron chi connectivity index (χ0n) is 15.7. The van der Waals surface area contributed by atoms with Crippen LogP contribution < -0.4 is 0 Å². The van der Waals surface area contributed by atoms with Crippen molar-refractivity contribution < 1.29 is 26.8 Å². The lowest BCUT2D eigenvalue weighted by molar-refractivity contribution is -0.136. The first-order valence-electron chi connectivity index (χ1n) is 9.17. The molecule has 1 amide bonds. The van der Waals surface area contributed by atoms with Crippen molar-refractivity contribution in [1.82, 2.24) is 19.9 Å². The number of rotatable bonds is 2. The predicted octanol–water partition coefficient (Wildman–Crippen LogP) is 4.26. The Morgan fingerprint density at radius 1 is 1.30 bits per heavy atom. The van der Waals surface area contributed by atoms with E-state index in [1.165, 1.54) is 29.8 Å². The molecule has 0 unspecified atom stereocenters. The van der Waals surface area contributed by atoms with Crippen LogP contribution in [-0.4, -0.2) is 32.3 Å². The van der Waals surface area contributed by atoms with Gasteiger partial charge in [0.25, 0.3) is 5.91 Å². The number of fused-ring (bicyclic) bond motifs is 2. The molecule has 30 heavy (non-hydrogen) atoms. The van der Waals surface area contributed by atoms with Gasteiger partial charge in [-0.3, -0.25) is 4.79 Å². The maximum atomic E-state index is 13.4. The SMILES string of the molecule is Cc1ncoc1C(=O)N1CCc2[nH]cnc2[C@H]1c1cc2cccc(C(F)(F)F)c2o1. The highest BCUT2D eigenvalue weighted by molar-refractivity contribution is 5.93. The van der Waals surface area contributed by atoms with E-state index < -0.39 is 23.7 Å². The molecule has 1 aromatic carbocycles. The Balaban J connectivity index is 1.66. The maximum Gasteiger partial charge on any atom is 0.420 e. The number of furan rings is 1. The van der Waals surface area contributed by atoms with Crippen LogP contribution in [0.3, 0.4) is 0 Å². The summed E-state index contributed by atoms with van der Waals surface area (Å²) in [6.07, 6.45) is -1.38. The third kappa shape index (κ3) is 2.78. The molecule has 0 saturated carbocycles. The number of benzene rings is 1. The van der Waals surface area contributed by atoms with Gasteiger partial charge in [-0.25, -0.2) is 9.97 Å². The van der Waals surface area contributed by atoms with Crippen molar-refractivity contribution >= 4 is 16.9 Å². The fourth-order valence-electron chi connectivity index (χ4n) is 3.86. The van der Waals surface area contributed by atoms with Crippen molar-refractivity contribution in [1.29, 1.82) is 0 Å². The van der Waals surface area contributed by atoms with Gasteiger partial charge in [0.2, 0.25) is 5.76 Å². The number of para-hydroxylation sites is 1. The number of carbonyl (C=O) groups is 1. The third-order valence-corrected chi connectivity index (χ3v) is 5.26. The summed E-state index contributed by atoms with van der Waals surface area (Å²) in [7, 11) is 0. The van der Waals surface area contributed by atoms with E-state index in [1.54, 1.807) is 13.0 Å². The normalized spacial score (nSPS) is 16.8. The molecule has 4 heterocycles. The highest BCUT2D eigenvalue weighted by Gasteiger charge is 2.40. The van der Waals surface area contributed by atoms with E-state index in [0.29, 0.717) is 29.7 Å². The van der Waals surface area contributed by atoms with Gasteiger partial charge in [-0.15, -0.1) is 0 Å². The van der Waals surface area contributed by atoms with Crippen molar-refractivity contribution in [3.05, 3.63) is 71.2 Å². The van der Waals surface area contributed by atoms with E-state index in [1.807, 2.05) is 0 Å². The largest absolute Gasteiger partial charge is 0.458 e. The van der Waals surface area contributed by atoms with Crippen LogP contribution in [0.1, 0.15) is 45.0 Å². The van der Waals surface area contributed by atoms with Gasteiger partial charge in [0.1, 0.15) is 17.4 Å². The van der Waals surface area contributed by atoms with Gasteiger partial charge in [0.05, 0.1) is 23.3 Å². The number of alkyl halides is 3. The fraction of sp³-hybridized carbons (Fsp3) is 0.250. The molecule has 1 aliphatic heterocycles. The number of aryl methyl sites for hydroxylation is 1. The van der Waals surface area contributed by atoms with Crippen molar-refractivity contribution in [2.45, 2.75) is 25.6 Å². The molecule has 1 atom stereocenters. The Morgan fingerprint density at radius 3 is 2.87 bits per heavy atom. The lowest BCUT2D eigenvalue weighted by atomic mass is 9.99. The minimum absolute atomic E-state index is 0.0751. The second-order valence-corrected chi connectivity index (χ2v) is 7.05. The van der Waals surface area contributed by atoms with Crippen molar-refractivity contribution in [2.75, 3.05) is 6.54 Å². The fourth-order valence-corrected chi connectivity index (χ4v) is 3.86. The average molecular weight is 416 g/mol. The smallest absolute Gasteiger partial charge is 0.420 e. The van der Waals surface area contributed by atoms with Crippen LogP contribution >= 0.6 is 0 Å². The lowest BCUT2D eigenvalue weighted by Gasteiger charge is -2.33. The number of nitrogens with zero attached hydrogens (tertiary/aromatic N) is 3. The monoisotopic (exact) mass is 416 g/mol. The second-order valence-electron chi connectivity index (χ2n) is 7.05. The number of nitrogens with one attached hydrogen (secondary N) is 1. The number of carbonyl (C=O) groups excluding carboxylic acids is 1. The second kappa shape index (κ2) is 6.48. The highest BCUT2D eigenvalue weighted by Crippen LogP contribution is 2.41. The van der Waals surface area contributed by atoms with Gasteiger partial charge in [-0.1, -0.05) is 12.1 Å². The van der Waals surface area contributed by atoms with Crippen LogP contribution in [0.15, 0.2) is 45.8 Å². The van der Waals surface area contributed by atoms with Gasteiger partial charge >= 0.3 is 6.18 Å². The molecule has 4 aromatic rings. The number of oxazole rings is 1. The zero-order chi connectivity index (χ0) is 21.0. The standard InChI is InChI=1S/C20H15F3N4O3/c1-10-17(29-9-26-10)19(28)27-6-5-13-15(25-8-24-13)16(27)14-7-11-3-2-4-12(18(11)30-14)20(21,22)23/h2-4,7-9,16H,5-6H2,1H3,(H,24,25)/t16-/m1/s1. The van der Waals surface area contributed by atoms with Crippen molar-refractivity contribution in [2.24, 2.45) is 0 Å². The van der Waals surface area contributed by atoms with Gasteiger partial charge in [-0.05, 0) is 19.1 Å². The summed E-state index contributed by atoms with van der Waals surface area (Å²) in [5, 5.41) is 0.297. The quantitative estimate of drug-likeness (QED) is 0.528. The molecule has 0 fully saturated rings. The molecule has 3 aromatic heterocycles. The van der Waals surface area contributed by atoms with Gasteiger partial charge in [0, 0.05) is 24.0 Å². The highest BCUT2D eigenvalue weighted by atomic mass is 19.4. The van der Waals surface area contributed by atoms with E-state index in [2.05, 4.69) is 15.0 Å². The third-order valence-electron chi connectivity index (χ3n) is 5.26. The summed E-state index contributed by atoms with van der Waals surface area (Å²) in [5.41, 5.74) is 0.615. The number of imidazole rings is 1. The summed E-state index contributed by atoms with van der Waals surface area (Å²) in [6, 6.07) is 4.56. The number of hydrogen-bond donors (Lipinski definition) is 1. The van der Waals surface area contributed by atoms with Crippen LogP contribution in [0.5, 0.6) is 0 Å². The Bertz CT molecular complexity index is 1250. The summed E-state index contributed by atoms with van der Waals surface area (Å²) in [4.78, 5) is 26.0. The van der Waals surface area contributed by atoms with Crippen molar-refractivity contribution in [3.63, 3.8) is 0 Å². The minimum Gasteiger partial charge on any atom is -0.458 e. The van der Waals surface area contributed by atoms with Crippen LogP contribution in [0.2, 0.25) is 0 Å². The molecule has 0 saturated heterocycles. The molecule has 0 bridgehead atoms. The van der Waals surface area contributed by atoms with Crippen LogP contribution in [0.4, 0.5) is 13.2 Å². The summed E-state index contributed by atoms with van der Waals surface area (Å²) in [6.45, 7) is 1.95. The molecule has 7 nitrogen and oxygen atoms in total. The zero-order valence-corrected chi connectivity index (χ0v) is 15.7. The Labute approximate surface area is 167 Å². The Hall–Kier alpha value is -3.56. The molecule has 5 rings (SSSR count). The maximum absolute atomic E-state index is 13.4. The topological polar surface area (TPSA) is 88.2 Å². The Kier molecular flexibility index (Phi) is 3.99. The first-order chi connectivity index (χ1) is 14.3. The first kappa shape index (κ1) is 18.5. The summed E-state index contributed by atoms with van der Waals surface area (Å²) >= 11 is 0. The van der Waals surface area contributed by atoms with Crippen LogP contribution in [-0.2, 0) is 12.6 Å². The van der Waals surface area contributed by atoms with Crippen LogP contribution in [0, 0.1) is 6.92 Å². The molecule has 0 radical (unpaired) electrons. The molecular weight excluding hydrogens is 401 g/mol. The van der Waals surface area contributed by atoms with Gasteiger partial charge in [-0.2, -0.15) is 13.2 Å². The molecule has 1 aliphatic rings. The average Bonchev–Trinajstić information content (AvgIpc) is 3.43. The van der Waals surface area contributed by atoms with E-state index in [9.17, 15) is 18.0 Å². The minimum atomic E-state index is -4.56. The predicted molar refractivity (Wildman–Crippen MR) is 97.6 cm³/mol. The van der Waals surface area contributed by atoms with Gasteiger partial charge in [0.15, 0.2) is 6.39 Å². The summed E-state index contributed by atoms with van der Waals surface area (Å²) < 4.78 is 51.2. The molecule has 0 aliphatic carbocycles. The molecule has 1 N–H and O–H groups in total. The number of halogens is 3. The molecule has 0 spiro atoms. The number of aromatic amines is 1. The molecular formula is C20H15F3N4O3. The number of hydrogen-bond acceptors (Lipinski definition) is 5. The number of amides is 1. The molecule has 154 valence electrons. The van der Waals surface area contributed by atoms with E-state index in [-0.39, 0.29) is 17.1 Å². The Morgan fingerprint density at radius 2 is 2.13 bits per heavy atom. The lowest BCUT2D eigenvalue weighted by Crippen LogP contribution is -2.40.